The first-order valence-corrected chi connectivity index (χ1v) is 6.90. The molecule has 1 atom stereocenters. The van der Waals surface area contributed by atoms with E-state index in [1.807, 2.05) is 6.92 Å². The second-order valence-corrected chi connectivity index (χ2v) is 4.74. The van der Waals surface area contributed by atoms with Gasteiger partial charge in [-0.1, -0.05) is 0 Å². The molecule has 1 unspecified atom stereocenters. The predicted octanol–water partition coefficient (Wildman–Crippen LogP) is 1.90. The van der Waals surface area contributed by atoms with E-state index >= 15 is 0 Å². The second kappa shape index (κ2) is 6.65. The number of aromatic nitrogens is 1. The largest absolute Gasteiger partial charge is 0.377 e. The Bertz CT molecular complexity index is 479. The molecule has 0 bridgehead atoms. The van der Waals surface area contributed by atoms with Gasteiger partial charge in [0.15, 0.2) is 11.6 Å². The highest BCUT2D eigenvalue weighted by Crippen LogP contribution is 2.20. The number of hydrogen-bond acceptors (Lipinski definition) is 4. The number of piperidine rings is 1. The van der Waals surface area contributed by atoms with Gasteiger partial charge in [-0.25, -0.2) is 9.37 Å². The van der Waals surface area contributed by atoms with E-state index in [9.17, 15) is 9.18 Å². The number of nitrogens with zero attached hydrogens (tertiary/aromatic N) is 2. The van der Waals surface area contributed by atoms with E-state index in [4.69, 9.17) is 4.74 Å². The topological polar surface area (TPSA) is 54.5 Å². The lowest BCUT2D eigenvalue weighted by atomic mass is 10.1. The summed E-state index contributed by atoms with van der Waals surface area (Å²) in [6.07, 6.45) is 3.30. The van der Waals surface area contributed by atoms with E-state index in [2.05, 4.69) is 10.3 Å². The van der Waals surface area contributed by atoms with E-state index < -0.39 is 5.82 Å². The summed E-state index contributed by atoms with van der Waals surface area (Å²) in [5.74, 6) is -0.807. The van der Waals surface area contributed by atoms with Crippen LogP contribution in [0.2, 0.25) is 0 Å². The van der Waals surface area contributed by atoms with Gasteiger partial charge in [0.1, 0.15) is 0 Å². The van der Waals surface area contributed by atoms with E-state index in [1.165, 1.54) is 12.3 Å². The molecule has 1 aliphatic rings. The Morgan fingerprint density at radius 2 is 2.45 bits per heavy atom. The van der Waals surface area contributed by atoms with Gasteiger partial charge in [0, 0.05) is 32.9 Å². The van der Waals surface area contributed by atoms with Crippen LogP contribution >= 0.6 is 0 Å². The van der Waals surface area contributed by atoms with Crippen molar-refractivity contribution < 1.29 is 13.9 Å². The molecule has 20 heavy (non-hydrogen) atoms. The lowest BCUT2D eigenvalue weighted by molar-refractivity contribution is 0.00708. The monoisotopic (exact) mass is 281 g/mol. The van der Waals surface area contributed by atoms with Crippen LogP contribution in [0.1, 0.15) is 30.1 Å². The van der Waals surface area contributed by atoms with Gasteiger partial charge < -0.3 is 15.0 Å². The molecule has 1 saturated heterocycles. The molecule has 1 aromatic heterocycles. The maximum atomic E-state index is 14.1. The number of carbonyl (C=O) groups excluding carboxylic acids is 1. The van der Waals surface area contributed by atoms with Crippen LogP contribution in [0.4, 0.5) is 10.2 Å². The summed E-state index contributed by atoms with van der Waals surface area (Å²) in [6.45, 7) is 3.71. The Labute approximate surface area is 118 Å². The predicted molar refractivity (Wildman–Crippen MR) is 74.3 cm³/mol. The number of likely N-dealkylation sites (tertiary alicyclic amines) is 1. The highest BCUT2D eigenvalue weighted by Gasteiger charge is 2.27. The van der Waals surface area contributed by atoms with Gasteiger partial charge in [0.05, 0.1) is 11.7 Å². The molecule has 0 aromatic carbocycles. The Morgan fingerprint density at radius 3 is 3.15 bits per heavy atom. The van der Waals surface area contributed by atoms with Crippen LogP contribution in [-0.4, -0.2) is 48.6 Å². The van der Waals surface area contributed by atoms with Crippen molar-refractivity contribution in [2.45, 2.75) is 25.9 Å². The summed E-state index contributed by atoms with van der Waals surface area (Å²) >= 11 is 0. The molecular formula is C14H20FN3O2. The molecule has 110 valence electrons. The fraction of sp³-hybridized carbons (Fsp3) is 0.571. The van der Waals surface area contributed by atoms with Gasteiger partial charge in [-0.05, 0) is 25.8 Å². The quantitative estimate of drug-likeness (QED) is 0.916. The molecule has 2 rings (SSSR count). The molecule has 1 N–H and O–H groups in total. The van der Waals surface area contributed by atoms with Gasteiger partial charge in [0.25, 0.3) is 5.91 Å². The standard InChI is InChI=1S/C14H20FN3O2/c1-3-20-10-5-4-8-18(9-10)14(19)11-6-7-17-13(16-2)12(11)15/h6-7,10H,3-5,8-9H2,1-2H3,(H,16,17). The Kier molecular flexibility index (Phi) is 4.89. The van der Waals surface area contributed by atoms with Gasteiger partial charge in [-0.3, -0.25) is 4.79 Å². The number of anilines is 1. The van der Waals surface area contributed by atoms with E-state index in [1.54, 1.807) is 11.9 Å². The van der Waals surface area contributed by atoms with Gasteiger partial charge >= 0.3 is 0 Å². The molecule has 1 aliphatic heterocycles. The van der Waals surface area contributed by atoms with E-state index in [0.717, 1.165) is 12.8 Å². The smallest absolute Gasteiger partial charge is 0.257 e. The minimum absolute atomic E-state index is 0.0476. The molecule has 1 fully saturated rings. The summed E-state index contributed by atoms with van der Waals surface area (Å²) in [5, 5.41) is 2.64. The molecule has 2 heterocycles. The number of ether oxygens (including phenoxy) is 1. The van der Waals surface area contributed by atoms with Crippen LogP contribution in [0.25, 0.3) is 0 Å². The normalized spacial score (nSPS) is 18.9. The van der Waals surface area contributed by atoms with Gasteiger partial charge in [0.2, 0.25) is 0 Å². The molecule has 0 saturated carbocycles. The Hall–Kier alpha value is -1.69. The zero-order valence-electron chi connectivity index (χ0n) is 11.9. The number of pyridine rings is 1. The van der Waals surface area contributed by atoms with Crippen LogP contribution in [0.15, 0.2) is 12.3 Å². The highest BCUT2D eigenvalue weighted by molar-refractivity contribution is 5.95. The van der Waals surface area contributed by atoms with E-state index in [-0.39, 0.29) is 23.4 Å². The fourth-order valence-corrected chi connectivity index (χ4v) is 2.45. The summed E-state index contributed by atoms with van der Waals surface area (Å²) in [7, 11) is 1.58. The molecule has 1 aromatic rings. The van der Waals surface area contributed by atoms with Crippen molar-refractivity contribution in [3.05, 3.63) is 23.6 Å². The number of rotatable bonds is 4. The number of carbonyl (C=O) groups is 1. The van der Waals surface area contributed by atoms with Gasteiger partial charge in [-0.15, -0.1) is 0 Å². The van der Waals surface area contributed by atoms with E-state index in [0.29, 0.717) is 19.7 Å². The maximum absolute atomic E-state index is 14.1. The lowest BCUT2D eigenvalue weighted by Gasteiger charge is -2.32. The molecule has 0 aliphatic carbocycles. The molecular weight excluding hydrogens is 261 g/mol. The summed E-state index contributed by atoms with van der Waals surface area (Å²) < 4.78 is 19.7. The number of hydrogen-bond donors (Lipinski definition) is 1. The zero-order chi connectivity index (χ0) is 14.5. The average molecular weight is 281 g/mol. The Morgan fingerprint density at radius 1 is 1.65 bits per heavy atom. The van der Waals surface area contributed by atoms with Crippen LogP contribution in [0.5, 0.6) is 0 Å². The minimum atomic E-state index is -0.599. The van der Waals surface area contributed by atoms with Crippen molar-refractivity contribution in [1.82, 2.24) is 9.88 Å². The molecule has 0 radical (unpaired) electrons. The summed E-state index contributed by atoms with van der Waals surface area (Å²) in [5.41, 5.74) is 0.0569. The molecule has 0 spiro atoms. The third-order valence-electron chi connectivity index (χ3n) is 3.42. The van der Waals surface area contributed by atoms with Crippen molar-refractivity contribution in [1.29, 1.82) is 0 Å². The summed E-state index contributed by atoms with van der Waals surface area (Å²) in [6, 6.07) is 1.42. The molecule has 6 heteroatoms. The number of amides is 1. The van der Waals surface area contributed by atoms with Crippen molar-refractivity contribution in [2.75, 3.05) is 32.1 Å². The molecule has 5 nitrogen and oxygen atoms in total. The van der Waals surface area contributed by atoms with Crippen molar-refractivity contribution in [3.63, 3.8) is 0 Å². The van der Waals surface area contributed by atoms with Crippen LogP contribution < -0.4 is 5.32 Å². The summed E-state index contributed by atoms with van der Waals surface area (Å²) in [4.78, 5) is 17.9. The first-order chi connectivity index (χ1) is 9.67. The third kappa shape index (κ3) is 3.07. The van der Waals surface area contributed by atoms with Crippen molar-refractivity contribution in [2.24, 2.45) is 0 Å². The fourth-order valence-electron chi connectivity index (χ4n) is 2.45. The van der Waals surface area contributed by atoms with Crippen molar-refractivity contribution >= 4 is 11.7 Å². The maximum Gasteiger partial charge on any atom is 0.257 e. The first-order valence-electron chi connectivity index (χ1n) is 6.90. The van der Waals surface area contributed by atoms with Crippen LogP contribution in [0.3, 0.4) is 0 Å². The number of halogens is 1. The molecule has 1 amide bonds. The zero-order valence-corrected chi connectivity index (χ0v) is 11.9. The lowest BCUT2D eigenvalue weighted by Crippen LogP contribution is -2.43. The van der Waals surface area contributed by atoms with Crippen molar-refractivity contribution in [3.8, 4) is 0 Å². The SMILES string of the molecule is CCOC1CCCN(C(=O)c2ccnc(NC)c2F)C1. The van der Waals surface area contributed by atoms with Crippen LogP contribution in [0, 0.1) is 5.82 Å². The van der Waals surface area contributed by atoms with Crippen LogP contribution in [-0.2, 0) is 4.74 Å². The minimum Gasteiger partial charge on any atom is -0.377 e. The Balaban J connectivity index is 2.14. The highest BCUT2D eigenvalue weighted by atomic mass is 19.1. The van der Waals surface area contributed by atoms with Gasteiger partial charge in [-0.2, -0.15) is 0 Å². The second-order valence-electron chi connectivity index (χ2n) is 4.74. The number of nitrogens with one attached hydrogen (secondary N) is 1. The third-order valence-corrected chi connectivity index (χ3v) is 3.42. The average Bonchev–Trinajstić information content (AvgIpc) is 2.47. The first kappa shape index (κ1) is 14.7.